The lowest BCUT2D eigenvalue weighted by Crippen LogP contribution is -2.10. The first-order valence-electron chi connectivity index (χ1n) is 8.94. The van der Waals surface area contributed by atoms with Crippen LogP contribution in [0.3, 0.4) is 0 Å². The Labute approximate surface area is 178 Å². The number of carbonyl (C=O) groups excluding carboxylic acids is 1. The van der Waals surface area contributed by atoms with Gasteiger partial charge in [0, 0.05) is 27.8 Å². The summed E-state index contributed by atoms with van der Waals surface area (Å²) in [5.74, 6) is 0.627. The first kappa shape index (κ1) is 18.2. The van der Waals surface area contributed by atoms with Gasteiger partial charge in [0.05, 0.1) is 5.02 Å². The van der Waals surface area contributed by atoms with Gasteiger partial charge in [-0.3, -0.25) is 4.79 Å². The van der Waals surface area contributed by atoms with Gasteiger partial charge < -0.3 is 5.32 Å². The highest BCUT2D eigenvalue weighted by Crippen LogP contribution is 2.35. The van der Waals surface area contributed by atoms with Crippen molar-refractivity contribution in [2.45, 2.75) is 13.3 Å². The number of hydrogen-bond donors (Lipinski definition) is 1. The molecule has 0 atom stereocenters. The summed E-state index contributed by atoms with van der Waals surface area (Å²) in [5.41, 5.74) is 1.66. The predicted octanol–water partition coefficient (Wildman–Crippen LogP) is 5.54. The van der Waals surface area contributed by atoms with Crippen molar-refractivity contribution in [3.05, 3.63) is 64.3 Å². The van der Waals surface area contributed by atoms with Gasteiger partial charge in [-0.05, 0) is 30.3 Å². The molecule has 0 spiro atoms. The topological polar surface area (TPSA) is 72.2 Å². The van der Waals surface area contributed by atoms with Crippen molar-refractivity contribution < 1.29 is 4.79 Å². The number of thiophene rings is 1. The van der Waals surface area contributed by atoms with E-state index in [1.807, 2.05) is 55.5 Å². The highest BCUT2D eigenvalue weighted by Gasteiger charge is 2.17. The third-order valence-corrected chi connectivity index (χ3v) is 7.12. The van der Waals surface area contributed by atoms with E-state index in [0.717, 1.165) is 37.9 Å². The zero-order valence-corrected chi connectivity index (χ0v) is 17.6. The van der Waals surface area contributed by atoms with Crippen molar-refractivity contribution in [3.63, 3.8) is 0 Å². The average molecular weight is 440 g/mol. The zero-order chi connectivity index (χ0) is 20.0. The van der Waals surface area contributed by atoms with Crippen molar-refractivity contribution in [2.24, 2.45) is 0 Å². The lowest BCUT2D eigenvalue weighted by Gasteiger charge is -2.05. The molecular formula is C20H14ClN5OS2. The van der Waals surface area contributed by atoms with Crippen LogP contribution in [0.15, 0.2) is 48.5 Å². The van der Waals surface area contributed by atoms with Crippen LogP contribution in [0.4, 0.5) is 5.69 Å². The smallest absolute Gasteiger partial charge is 0.267 e. The van der Waals surface area contributed by atoms with Crippen LogP contribution >= 0.6 is 34.3 Å². The Hall–Kier alpha value is -2.81. The van der Waals surface area contributed by atoms with E-state index in [1.54, 1.807) is 4.52 Å². The summed E-state index contributed by atoms with van der Waals surface area (Å²) in [6.45, 7) is 2.02. The number of hydrogen-bond acceptors (Lipinski definition) is 6. The second-order valence-electron chi connectivity index (χ2n) is 6.34. The Balaban J connectivity index is 1.38. The number of aryl methyl sites for hydroxylation is 1. The van der Waals surface area contributed by atoms with Crippen molar-refractivity contribution in [1.82, 2.24) is 19.8 Å². The van der Waals surface area contributed by atoms with E-state index in [9.17, 15) is 4.79 Å². The van der Waals surface area contributed by atoms with Crippen molar-refractivity contribution in [2.75, 3.05) is 5.32 Å². The summed E-state index contributed by atoms with van der Waals surface area (Å²) >= 11 is 9.28. The van der Waals surface area contributed by atoms with Gasteiger partial charge in [-0.1, -0.05) is 48.1 Å². The number of fused-ring (bicyclic) bond motifs is 2. The van der Waals surface area contributed by atoms with Crippen molar-refractivity contribution in [1.29, 1.82) is 0 Å². The molecule has 0 aliphatic rings. The molecule has 0 fully saturated rings. The van der Waals surface area contributed by atoms with E-state index in [1.165, 1.54) is 22.7 Å². The molecule has 0 radical (unpaired) electrons. The fourth-order valence-corrected chi connectivity index (χ4v) is 5.31. The van der Waals surface area contributed by atoms with Gasteiger partial charge in [-0.25, -0.2) is 0 Å². The lowest BCUT2D eigenvalue weighted by molar-refractivity contribution is 0.103. The Morgan fingerprint density at radius 2 is 1.90 bits per heavy atom. The molecule has 0 unspecified atom stereocenters. The normalized spacial score (nSPS) is 11.4. The van der Waals surface area contributed by atoms with Gasteiger partial charge in [0.15, 0.2) is 5.82 Å². The second kappa shape index (κ2) is 7.22. The van der Waals surface area contributed by atoms with Gasteiger partial charge in [-0.2, -0.15) is 9.61 Å². The van der Waals surface area contributed by atoms with Crippen LogP contribution in [-0.4, -0.2) is 25.7 Å². The summed E-state index contributed by atoms with van der Waals surface area (Å²) < 4.78 is 2.77. The molecule has 2 aromatic carbocycles. The number of nitrogens with one attached hydrogen (secondary N) is 1. The van der Waals surface area contributed by atoms with Crippen molar-refractivity contribution in [3.8, 4) is 10.6 Å². The quantitative estimate of drug-likeness (QED) is 0.399. The molecule has 3 heterocycles. The average Bonchev–Trinajstić information content (AvgIpc) is 3.41. The SMILES string of the molecule is CCc1nnc2sc(-c3ccc(NC(=O)c4sc5ccccc5c4Cl)cc3)nn12. The molecule has 0 aliphatic carbocycles. The minimum atomic E-state index is -0.213. The zero-order valence-electron chi connectivity index (χ0n) is 15.2. The number of anilines is 1. The first-order chi connectivity index (χ1) is 14.1. The molecule has 9 heteroatoms. The maximum atomic E-state index is 12.7. The van der Waals surface area contributed by atoms with Crippen LogP contribution in [0.5, 0.6) is 0 Å². The van der Waals surface area contributed by atoms with E-state index in [2.05, 4.69) is 20.6 Å². The maximum Gasteiger partial charge on any atom is 0.267 e. The van der Waals surface area contributed by atoms with Gasteiger partial charge in [0.2, 0.25) is 4.96 Å². The summed E-state index contributed by atoms with van der Waals surface area (Å²) in [4.78, 5) is 14.0. The molecule has 1 N–H and O–H groups in total. The number of aromatic nitrogens is 4. The number of amides is 1. The Bertz CT molecular complexity index is 1350. The minimum absolute atomic E-state index is 0.213. The third kappa shape index (κ3) is 3.19. The second-order valence-corrected chi connectivity index (χ2v) is 8.73. The molecule has 3 aromatic heterocycles. The van der Waals surface area contributed by atoms with Crippen LogP contribution in [0.25, 0.3) is 25.6 Å². The maximum absolute atomic E-state index is 12.7. The fourth-order valence-electron chi connectivity index (χ4n) is 3.04. The molecule has 5 aromatic rings. The van der Waals surface area contributed by atoms with E-state index >= 15 is 0 Å². The summed E-state index contributed by atoms with van der Waals surface area (Å²) in [5, 5.41) is 18.0. The molecule has 144 valence electrons. The number of halogens is 1. The van der Waals surface area contributed by atoms with E-state index < -0.39 is 0 Å². The van der Waals surface area contributed by atoms with Crippen molar-refractivity contribution >= 4 is 60.9 Å². The van der Waals surface area contributed by atoms with E-state index in [-0.39, 0.29) is 5.91 Å². The van der Waals surface area contributed by atoms with E-state index in [0.29, 0.717) is 15.6 Å². The number of benzene rings is 2. The van der Waals surface area contributed by atoms with Crippen LogP contribution in [-0.2, 0) is 6.42 Å². The molecule has 1 amide bonds. The van der Waals surface area contributed by atoms with Crippen LogP contribution < -0.4 is 5.32 Å². The summed E-state index contributed by atoms with van der Waals surface area (Å²) in [6.07, 6.45) is 0.773. The molecule has 29 heavy (non-hydrogen) atoms. The van der Waals surface area contributed by atoms with Gasteiger partial charge in [0.25, 0.3) is 5.91 Å². The minimum Gasteiger partial charge on any atom is -0.321 e. The number of nitrogens with zero attached hydrogens (tertiary/aromatic N) is 4. The molecule has 0 saturated heterocycles. The molecule has 0 aliphatic heterocycles. The third-order valence-electron chi connectivity index (χ3n) is 4.50. The molecule has 5 rings (SSSR count). The standard InChI is InChI=1S/C20H14ClN5OS2/c1-2-15-23-24-20-26(15)25-19(29-20)11-7-9-12(10-8-11)22-18(27)17-16(21)13-5-3-4-6-14(13)28-17/h3-10H,2H2,1H3,(H,22,27). The van der Waals surface area contributed by atoms with Crippen LogP contribution in [0.1, 0.15) is 22.4 Å². The summed E-state index contributed by atoms with van der Waals surface area (Å²) in [7, 11) is 0. The molecular weight excluding hydrogens is 426 g/mol. The predicted molar refractivity (Wildman–Crippen MR) is 118 cm³/mol. The van der Waals surface area contributed by atoms with Crippen LogP contribution in [0, 0.1) is 0 Å². The molecule has 0 saturated carbocycles. The van der Waals surface area contributed by atoms with Gasteiger partial charge in [0.1, 0.15) is 9.88 Å². The highest BCUT2D eigenvalue weighted by atomic mass is 35.5. The largest absolute Gasteiger partial charge is 0.321 e. The molecule has 0 bridgehead atoms. The Morgan fingerprint density at radius 1 is 1.10 bits per heavy atom. The molecule has 6 nitrogen and oxygen atoms in total. The summed E-state index contributed by atoms with van der Waals surface area (Å²) in [6, 6.07) is 15.3. The first-order valence-corrected chi connectivity index (χ1v) is 10.9. The number of carbonyl (C=O) groups is 1. The lowest BCUT2D eigenvalue weighted by atomic mass is 10.2. The number of rotatable bonds is 4. The van der Waals surface area contributed by atoms with Gasteiger partial charge in [-0.15, -0.1) is 21.5 Å². The Morgan fingerprint density at radius 3 is 2.66 bits per heavy atom. The van der Waals surface area contributed by atoms with E-state index in [4.69, 9.17) is 11.6 Å². The fraction of sp³-hybridized carbons (Fsp3) is 0.100. The van der Waals surface area contributed by atoms with Gasteiger partial charge >= 0.3 is 0 Å². The Kier molecular flexibility index (Phi) is 4.54. The highest BCUT2D eigenvalue weighted by molar-refractivity contribution is 7.21. The monoisotopic (exact) mass is 439 g/mol. The van der Waals surface area contributed by atoms with Crippen LogP contribution in [0.2, 0.25) is 5.02 Å².